The van der Waals surface area contributed by atoms with Crippen LogP contribution in [-0.4, -0.2) is 30.7 Å². The second kappa shape index (κ2) is 6.98. The minimum absolute atomic E-state index is 0.205. The van der Waals surface area contributed by atoms with Crippen LogP contribution in [0.1, 0.15) is 16.1 Å². The van der Waals surface area contributed by atoms with Gasteiger partial charge >= 0.3 is 0 Å². The second-order valence-corrected chi connectivity index (χ2v) is 5.44. The van der Waals surface area contributed by atoms with E-state index < -0.39 is 0 Å². The third kappa shape index (κ3) is 3.48. The standard InChI is InChI=1S/C18H14N6O2/c25-18(20-11-14-5-1-2-9-19-14)13-4-3-6-15(10-13)26-17-8-7-16-22-21-12-24(16)23-17/h1-10,12H,11H2,(H,20,25). The lowest BCUT2D eigenvalue weighted by Gasteiger charge is -2.08. The quantitative estimate of drug-likeness (QED) is 0.595. The lowest BCUT2D eigenvalue weighted by atomic mass is 10.2. The summed E-state index contributed by atoms with van der Waals surface area (Å²) >= 11 is 0. The van der Waals surface area contributed by atoms with Crippen molar-refractivity contribution in [1.82, 2.24) is 30.1 Å². The van der Waals surface area contributed by atoms with Crippen molar-refractivity contribution in [2.24, 2.45) is 0 Å². The van der Waals surface area contributed by atoms with Gasteiger partial charge in [-0.15, -0.1) is 15.3 Å². The van der Waals surface area contributed by atoms with Gasteiger partial charge in [0.2, 0.25) is 5.88 Å². The molecule has 26 heavy (non-hydrogen) atoms. The van der Waals surface area contributed by atoms with Crippen molar-refractivity contribution in [3.63, 3.8) is 0 Å². The van der Waals surface area contributed by atoms with E-state index in [1.54, 1.807) is 42.6 Å². The average molecular weight is 346 g/mol. The summed E-state index contributed by atoms with van der Waals surface area (Å²) in [6, 6.07) is 15.9. The van der Waals surface area contributed by atoms with Crippen molar-refractivity contribution in [2.75, 3.05) is 0 Å². The summed E-state index contributed by atoms with van der Waals surface area (Å²) in [5.74, 6) is 0.682. The molecule has 8 heteroatoms. The summed E-state index contributed by atoms with van der Waals surface area (Å²) in [5.41, 5.74) is 1.91. The summed E-state index contributed by atoms with van der Waals surface area (Å²) in [5, 5.41) is 14.7. The SMILES string of the molecule is O=C(NCc1ccccn1)c1cccc(Oc2ccc3nncn3n2)c1. The Kier molecular flexibility index (Phi) is 4.21. The molecule has 0 aliphatic heterocycles. The van der Waals surface area contributed by atoms with Crippen LogP contribution < -0.4 is 10.1 Å². The van der Waals surface area contributed by atoms with Gasteiger partial charge in [-0.25, -0.2) is 0 Å². The molecule has 1 aromatic carbocycles. The number of benzene rings is 1. The fraction of sp³-hybridized carbons (Fsp3) is 0.0556. The van der Waals surface area contributed by atoms with Crippen LogP contribution in [0.15, 0.2) is 67.1 Å². The zero-order valence-corrected chi connectivity index (χ0v) is 13.6. The number of amides is 1. The van der Waals surface area contributed by atoms with E-state index >= 15 is 0 Å². The zero-order chi connectivity index (χ0) is 17.8. The first kappa shape index (κ1) is 15.7. The van der Waals surface area contributed by atoms with Crippen molar-refractivity contribution >= 4 is 11.6 Å². The van der Waals surface area contributed by atoms with Crippen molar-refractivity contribution in [1.29, 1.82) is 0 Å². The Morgan fingerprint density at radius 3 is 2.96 bits per heavy atom. The fourth-order valence-corrected chi connectivity index (χ4v) is 2.36. The molecule has 4 rings (SSSR count). The van der Waals surface area contributed by atoms with Gasteiger partial charge in [-0.2, -0.15) is 4.52 Å². The van der Waals surface area contributed by atoms with Crippen LogP contribution in [0.25, 0.3) is 5.65 Å². The molecule has 8 nitrogen and oxygen atoms in total. The van der Waals surface area contributed by atoms with Gasteiger partial charge in [0.25, 0.3) is 5.91 Å². The number of nitrogens with one attached hydrogen (secondary N) is 1. The number of nitrogens with zero attached hydrogens (tertiary/aromatic N) is 5. The van der Waals surface area contributed by atoms with E-state index in [2.05, 4.69) is 25.6 Å². The molecule has 1 amide bonds. The lowest BCUT2D eigenvalue weighted by molar-refractivity contribution is 0.0950. The number of pyridine rings is 1. The zero-order valence-electron chi connectivity index (χ0n) is 13.6. The number of fused-ring (bicyclic) bond motifs is 1. The molecule has 3 aromatic heterocycles. The minimum Gasteiger partial charge on any atom is -0.438 e. The van der Waals surface area contributed by atoms with Crippen LogP contribution in [0.5, 0.6) is 11.6 Å². The number of hydrogen-bond donors (Lipinski definition) is 1. The highest BCUT2D eigenvalue weighted by atomic mass is 16.5. The molecule has 0 unspecified atom stereocenters. The highest BCUT2D eigenvalue weighted by Crippen LogP contribution is 2.20. The van der Waals surface area contributed by atoms with Gasteiger partial charge in [-0.3, -0.25) is 9.78 Å². The average Bonchev–Trinajstić information content (AvgIpc) is 3.15. The van der Waals surface area contributed by atoms with Gasteiger partial charge in [0.1, 0.15) is 12.1 Å². The van der Waals surface area contributed by atoms with Crippen LogP contribution in [0, 0.1) is 0 Å². The molecular weight excluding hydrogens is 332 g/mol. The van der Waals surface area contributed by atoms with E-state index in [1.165, 1.54) is 10.8 Å². The number of carbonyl (C=O) groups excluding carboxylic acids is 1. The number of hydrogen-bond acceptors (Lipinski definition) is 6. The molecule has 4 aromatic rings. The van der Waals surface area contributed by atoms with Crippen molar-refractivity contribution in [3.8, 4) is 11.6 Å². The Hall–Kier alpha value is -3.81. The molecule has 0 aliphatic rings. The maximum Gasteiger partial charge on any atom is 0.251 e. The van der Waals surface area contributed by atoms with Crippen LogP contribution in [-0.2, 0) is 6.54 Å². The van der Waals surface area contributed by atoms with Gasteiger partial charge in [0.05, 0.1) is 12.2 Å². The van der Waals surface area contributed by atoms with E-state index in [4.69, 9.17) is 4.74 Å². The van der Waals surface area contributed by atoms with E-state index in [0.717, 1.165) is 5.69 Å². The van der Waals surface area contributed by atoms with E-state index in [-0.39, 0.29) is 5.91 Å². The molecular formula is C18H14N6O2. The van der Waals surface area contributed by atoms with E-state index in [0.29, 0.717) is 29.4 Å². The van der Waals surface area contributed by atoms with Gasteiger partial charge in [-0.1, -0.05) is 12.1 Å². The number of aromatic nitrogens is 5. The molecule has 0 fully saturated rings. The summed E-state index contributed by atoms with van der Waals surface area (Å²) in [6.45, 7) is 0.358. The molecule has 0 spiro atoms. The molecule has 128 valence electrons. The summed E-state index contributed by atoms with van der Waals surface area (Å²) in [4.78, 5) is 16.5. The molecule has 0 bridgehead atoms. The summed E-state index contributed by atoms with van der Waals surface area (Å²) < 4.78 is 7.24. The maximum absolute atomic E-state index is 12.3. The minimum atomic E-state index is -0.205. The third-order valence-electron chi connectivity index (χ3n) is 3.61. The predicted octanol–water partition coefficient (Wildman–Crippen LogP) is 2.24. The maximum atomic E-state index is 12.3. The van der Waals surface area contributed by atoms with Crippen molar-refractivity contribution in [3.05, 3.63) is 78.4 Å². The third-order valence-corrected chi connectivity index (χ3v) is 3.61. The molecule has 0 saturated heterocycles. The van der Waals surface area contributed by atoms with Crippen LogP contribution in [0.2, 0.25) is 0 Å². The van der Waals surface area contributed by atoms with Crippen LogP contribution in [0.4, 0.5) is 0 Å². The topological polar surface area (TPSA) is 94.3 Å². The number of ether oxygens (including phenoxy) is 1. The van der Waals surface area contributed by atoms with Crippen LogP contribution >= 0.6 is 0 Å². The summed E-state index contributed by atoms with van der Waals surface area (Å²) in [7, 11) is 0. The lowest BCUT2D eigenvalue weighted by Crippen LogP contribution is -2.23. The van der Waals surface area contributed by atoms with Crippen molar-refractivity contribution < 1.29 is 9.53 Å². The highest BCUT2D eigenvalue weighted by molar-refractivity contribution is 5.94. The normalized spacial score (nSPS) is 10.6. The van der Waals surface area contributed by atoms with E-state index in [1.807, 2.05) is 18.2 Å². The van der Waals surface area contributed by atoms with Crippen LogP contribution in [0.3, 0.4) is 0 Å². The highest BCUT2D eigenvalue weighted by Gasteiger charge is 2.08. The fourth-order valence-electron chi connectivity index (χ4n) is 2.36. The Morgan fingerprint density at radius 2 is 2.08 bits per heavy atom. The largest absolute Gasteiger partial charge is 0.438 e. The molecule has 3 heterocycles. The number of carbonyl (C=O) groups is 1. The van der Waals surface area contributed by atoms with Crippen molar-refractivity contribution in [2.45, 2.75) is 6.54 Å². The molecule has 1 N–H and O–H groups in total. The Balaban J connectivity index is 1.46. The predicted molar refractivity (Wildman–Crippen MR) is 92.7 cm³/mol. The summed E-state index contributed by atoms with van der Waals surface area (Å²) in [6.07, 6.45) is 3.18. The monoisotopic (exact) mass is 346 g/mol. The van der Waals surface area contributed by atoms with Gasteiger partial charge < -0.3 is 10.1 Å². The molecule has 0 saturated carbocycles. The molecule has 0 atom stereocenters. The Bertz CT molecular complexity index is 1050. The number of rotatable bonds is 5. The van der Waals surface area contributed by atoms with Gasteiger partial charge in [-0.05, 0) is 36.4 Å². The van der Waals surface area contributed by atoms with E-state index in [9.17, 15) is 4.79 Å². The first-order chi connectivity index (χ1) is 12.8. The second-order valence-electron chi connectivity index (χ2n) is 5.44. The molecule has 0 radical (unpaired) electrons. The Morgan fingerprint density at radius 1 is 1.12 bits per heavy atom. The Labute approximate surface area is 148 Å². The molecule has 0 aliphatic carbocycles. The first-order valence-corrected chi connectivity index (χ1v) is 7.91. The van der Waals surface area contributed by atoms with Gasteiger partial charge in [0.15, 0.2) is 5.65 Å². The smallest absolute Gasteiger partial charge is 0.251 e. The van der Waals surface area contributed by atoms with Gasteiger partial charge in [0, 0.05) is 17.8 Å². The first-order valence-electron chi connectivity index (χ1n) is 7.91.